The summed E-state index contributed by atoms with van der Waals surface area (Å²) in [6, 6.07) is 5.74. The van der Waals surface area contributed by atoms with E-state index in [4.69, 9.17) is 5.11 Å². The lowest BCUT2D eigenvalue weighted by Gasteiger charge is -2.25. The predicted molar refractivity (Wildman–Crippen MR) is 78.9 cm³/mol. The third-order valence-electron chi connectivity index (χ3n) is 3.22. The monoisotopic (exact) mass is 299 g/mol. The molecule has 6 heteroatoms. The van der Waals surface area contributed by atoms with Gasteiger partial charge in [0.15, 0.2) is 9.84 Å². The second kappa shape index (κ2) is 6.74. The van der Waals surface area contributed by atoms with Gasteiger partial charge in [-0.3, -0.25) is 0 Å². The van der Waals surface area contributed by atoms with Gasteiger partial charge in [-0.15, -0.1) is 0 Å². The summed E-state index contributed by atoms with van der Waals surface area (Å²) in [5.41, 5.74) is 0.690. The van der Waals surface area contributed by atoms with Gasteiger partial charge in [0.2, 0.25) is 0 Å². The van der Waals surface area contributed by atoms with Crippen LogP contribution in [0, 0.1) is 0 Å². The van der Waals surface area contributed by atoms with Crippen LogP contribution in [0.15, 0.2) is 29.2 Å². The number of carboxylic acid groups (broad SMARTS) is 1. The summed E-state index contributed by atoms with van der Waals surface area (Å²) in [6.07, 6.45) is 1.04. The second-order valence-corrected chi connectivity index (χ2v) is 6.80. The molecule has 20 heavy (non-hydrogen) atoms. The molecule has 0 aliphatic rings. The largest absolute Gasteiger partial charge is 0.480 e. The number of sulfone groups is 1. The Morgan fingerprint density at radius 2 is 1.80 bits per heavy atom. The van der Waals surface area contributed by atoms with Gasteiger partial charge in [0.25, 0.3) is 0 Å². The van der Waals surface area contributed by atoms with Crippen molar-refractivity contribution >= 4 is 21.5 Å². The van der Waals surface area contributed by atoms with Crippen LogP contribution >= 0.6 is 0 Å². The fraction of sp³-hybridized carbons (Fsp3) is 0.500. The molecule has 0 saturated heterocycles. The molecule has 0 heterocycles. The fourth-order valence-corrected chi connectivity index (χ4v) is 3.39. The highest BCUT2D eigenvalue weighted by atomic mass is 32.2. The molecule has 0 aliphatic heterocycles. The summed E-state index contributed by atoms with van der Waals surface area (Å²) < 4.78 is 23.8. The Balaban J connectivity index is 2.99. The first-order valence-corrected chi connectivity index (χ1v) is 8.27. The number of rotatable bonds is 7. The first kappa shape index (κ1) is 16.5. The maximum atomic E-state index is 11.9. The summed E-state index contributed by atoms with van der Waals surface area (Å²) in [5, 5.41) is 9.12. The molecular weight excluding hydrogens is 278 g/mol. The number of anilines is 1. The number of benzene rings is 1. The van der Waals surface area contributed by atoms with E-state index in [1.165, 1.54) is 12.1 Å². The van der Waals surface area contributed by atoms with Crippen molar-refractivity contribution in [3.8, 4) is 0 Å². The Bertz CT molecular complexity index is 551. The zero-order valence-electron chi connectivity index (χ0n) is 12.0. The lowest BCUT2D eigenvalue weighted by Crippen LogP contribution is -2.37. The van der Waals surface area contributed by atoms with E-state index < -0.39 is 21.8 Å². The van der Waals surface area contributed by atoms with Crippen LogP contribution in [0.4, 0.5) is 5.69 Å². The quantitative estimate of drug-likeness (QED) is 0.835. The highest BCUT2D eigenvalue weighted by Gasteiger charge is 2.21. The van der Waals surface area contributed by atoms with Gasteiger partial charge in [-0.1, -0.05) is 13.8 Å². The lowest BCUT2D eigenvalue weighted by atomic mass is 10.2. The minimum atomic E-state index is -3.23. The molecule has 1 rings (SSSR count). The Kier molecular flexibility index (Phi) is 5.56. The molecule has 0 saturated carbocycles. The summed E-state index contributed by atoms with van der Waals surface area (Å²) in [6.45, 7) is 3.62. The molecule has 1 aromatic rings. The van der Waals surface area contributed by atoms with Gasteiger partial charge in [-0.25, -0.2) is 13.2 Å². The van der Waals surface area contributed by atoms with Crippen LogP contribution in [0.3, 0.4) is 0 Å². The minimum Gasteiger partial charge on any atom is -0.480 e. The van der Waals surface area contributed by atoms with Crippen LogP contribution < -0.4 is 4.90 Å². The number of likely N-dealkylation sites (N-methyl/N-ethyl adjacent to an activating group) is 1. The molecule has 1 unspecified atom stereocenters. The van der Waals surface area contributed by atoms with E-state index in [-0.39, 0.29) is 10.6 Å². The number of nitrogens with zero attached hydrogens (tertiary/aromatic N) is 1. The van der Waals surface area contributed by atoms with Crippen LogP contribution in [0.2, 0.25) is 0 Å². The molecule has 1 N–H and O–H groups in total. The zero-order valence-corrected chi connectivity index (χ0v) is 12.9. The summed E-state index contributed by atoms with van der Waals surface area (Å²) in [7, 11) is -1.54. The molecule has 0 bridgehead atoms. The average molecular weight is 299 g/mol. The number of hydrogen-bond donors (Lipinski definition) is 1. The van der Waals surface area contributed by atoms with Crippen molar-refractivity contribution in [2.24, 2.45) is 0 Å². The number of aliphatic carboxylic acids is 1. The van der Waals surface area contributed by atoms with Gasteiger partial charge in [0.05, 0.1) is 10.6 Å². The molecule has 5 nitrogen and oxygen atoms in total. The highest BCUT2D eigenvalue weighted by molar-refractivity contribution is 7.91. The van der Waals surface area contributed by atoms with E-state index in [9.17, 15) is 13.2 Å². The maximum Gasteiger partial charge on any atom is 0.326 e. The third kappa shape index (κ3) is 3.72. The van der Waals surface area contributed by atoms with Crippen molar-refractivity contribution < 1.29 is 18.3 Å². The summed E-state index contributed by atoms with van der Waals surface area (Å²) in [5.74, 6) is -0.771. The normalized spacial score (nSPS) is 12.9. The predicted octanol–water partition coefficient (Wildman–Crippen LogP) is 2.17. The first-order valence-electron chi connectivity index (χ1n) is 6.62. The first-order chi connectivity index (χ1) is 9.33. The second-order valence-electron chi connectivity index (χ2n) is 4.69. The van der Waals surface area contributed by atoms with Crippen LogP contribution in [0.1, 0.15) is 26.7 Å². The zero-order chi connectivity index (χ0) is 15.3. The standard InChI is InChI=1S/C14H21NO4S/c1-4-10-20(18,19)12-8-6-11(7-9-12)15(3)13(5-2)14(16)17/h6-9,13H,4-5,10H2,1-3H3,(H,16,17). The maximum absolute atomic E-state index is 11.9. The van der Waals surface area contributed by atoms with E-state index in [0.717, 1.165) is 0 Å². The van der Waals surface area contributed by atoms with Crippen molar-refractivity contribution in [1.82, 2.24) is 0 Å². The van der Waals surface area contributed by atoms with Crippen LogP contribution in [-0.4, -0.2) is 38.3 Å². The minimum absolute atomic E-state index is 0.120. The van der Waals surface area contributed by atoms with E-state index in [2.05, 4.69) is 0 Å². The van der Waals surface area contributed by atoms with E-state index >= 15 is 0 Å². The summed E-state index contributed by atoms with van der Waals surface area (Å²) >= 11 is 0. The Morgan fingerprint density at radius 1 is 1.25 bits per heavy atom. The lowest BCUT2D eigenvalue weighted by molar-refractivity contribution is -0.138. The number of carbonyl (C=O) groups is 1. The van der Waals surface area contributed by atoms with Crippen LogP contribution in [-0.2, 0) is 14.6 Å². The molecule has 0 aromatic heterocycles. The summed E-state index contributed by atoms with van der Waals surface area (Å²) in [4.78, 5) is 13.0. The van der Waals surface area contributed by atoms with Gasteiger partial charge in [0, 0.05) is 12.7 Å². The van der Waals surface area contributed by atoms with Crippen molar-refractivity contribution in [1.29, 1.82) is 0 Å². The third-order valence-corrected chi connectivity index (χ3v) is 5.15. The Labute approximate surface area is 120 Å². The van der Waals surface area contributed by atoms with E-state index in [1.807, 2.05) is 6.92 Å². The number of hydrogen-bond acceptors (Lipinski definition) is 4. The number of carboxylic acids is 1. The van der Waals surface area contributed by atoms with Gasteiger partial charge in [-0.2, -0.15) is 0 Å². The van der Waals surface area contributed by atoms with Crippen molar-refractivity contribution in [2.45, 2.75) is 37.6 Å². The SMILES string of the molecule is CCCS(=O)(=O)c1ccc(N(C)C(CC)C(=O)O)cc1. The molecule has 0 fully saturated rings. The van der Waals surface area contributed by atoms with Gasteiger partial charge < -0.3 is 10.0 Å². The molecular formula is C14H21NO4S. The van der Waals surface area contributed by atoms with Gasteiger partial charge in [-0.05, 0) is 37.1 Å². The fourth-order valence-electron chi connectivity index (χ4n) is 2.07. The van der Waals surface area contributed by atoms with Crippen molar-refractivity contribution in [3.05, 3.63) is 24.3 Å². The Hall–Kier alpha value is -1.56. The molecule has 0 aliphatic carbocycles. The molecule has 0 radical (unpaired) electrons. The van der Waals surface area contributed by atoms with E-state index in [1.54, 1.807) is 31.0 Å². The van der Waals surface area contributed by atoms with Crippen LogP contribution in [0.5, 0.6) is 0 Å². The molecule has 112 valence electrons. The topological polar surface area (TPSA) is 74.7 Å². The smallest absolute Gasteiger partial charge is 0.326 e. The van der Waals surface area contributed by atoms with Crippen molar-refractivity contribution in [2.75, 3.05) is 17.7 Å². The average Bonchev–Trinajstić information content (AvgIpc) is 2.39. The molecule has 0 amide bonds. The van der Waals surface area contributed by atoms with Crippen molar-refractivity contribution in [3.63, 3.8) is 0 Å². The Morgan fingerprint density at radius 3 is 2.20 bits per heavy atom. The molecule has 1 aromatic carbocycles. The highest BCUT2D eigenvalue weighted by Crippen LogP contribution is 2.21. The van der Waals surface area contributed by atoms with Crippen LogP contribution in [0.25, 0.3) is 0 Å². The molecule has 0 spiro atoms. The van der Waals surface area contributed by atoms with E-state index in [0.29, 0.717) is 18.5 Å². The van der Waals surface area contributed by atoms with Gasteiger partial charge >= 0.3 is 5.97 Å². The van der Waals surface area contributed by atoms with Gasteiger partial charge in [0.1, 0.15) is 6.04 Å². The molecule has 1 atom stereocenters.